The van der Waals surface area contributed by atoms with Crippen LogP contribution in [-0.4, -0.2) is 16.9 Å². The summed E-state index contributed by atoms with van der Waals surface area (Å²) in [7, 11) is 0. The predicted molar refractivity (Wildman–Crippen MR) is 86.7 cm³/mol. The molecule has 2 N–H and O–H groups in total. The molecule has 0 bridgehead atoms. The number of nitrogens with one attached hydrogen (secondary N) is 1. The van der Waals surface area contributed by atoms with Crippen molar-refractivity contribution in [3.8, 4) is 0 Å². The average Bonchev–Trinajstić information content (AvgIpc) is 2.99. The van der Waals surface area contributed by atoms with Crippen LogP contribution in [0.25, 0.3) is 11.0 Å². The van der Waals surface area contributed by atoms with Gasteiger partial charge in [0, 0.05) is 23.3 Å². The van der Waals surface area contributed by atoms with E-state index in [2.05, 4.69) is 5.32 Å². The SMILES string of the molecule is O=C(O)c1ccc(N/C=C/C(=O)c2cc3ccccc3o2)cc1. The molecule has 5 nitrogen and oxygen atoms in total. The van der Waals surface area contributed by atoms with Gasteiger partial charge in [0.05, 0.1) is 5.56 Å². The Kier molecular flexibility index (Phi) is 3.93. The van der Waals surface area contributed by atoms with E-state index in [1.165, 1.54) is 24.4 Å². The van der Waals surface area contributed by atoms with Gasteiger partial charge in [-0.15, -0.1) is 0 Å². The van der Waals surface area contributed by atoms with E-state index >= 15 is 0 Å². The lowest BCUT2D eigenvalue weighted by Gasteiger charge is -2.00. The summed E-state index contributed by atoms with van der Waals surface area (Å²) < 4.78 is 5.48. The maximum absolute atomic E-state index is 12.0. The molecule has 1 heterocycles. The molecular weight excluding hydrogens is 294 g/mol. The number of carboxylic acids is 1. The van der Waals surface area contributed by atoms with E-state index in [-0.39, 0.29) is 17.1 Å². The van der Waals surface area contributed by atoms with Crippen molar-refractivity contribution in [3.63, 3.8) is 0 Å². The van der Waals surface area contributed by atoms with Crippen LogP contribution in [0.3, 0.4) is 0 Å². The Morgan fingerprint density at radius 2 is 1.78 bits per heavy atom. The fourth-order valence-electron chi connectivity index (χ4n) is 2.11. The molecule has 5 heteroatoms. The Labute approximate surface area is 131 Å². The Morgan fingerprint density at radius 1 is 1.04 bits per heavy atom. The highest BCUT2D eigenvalue weighted by Gasteiger charge is 2.08. The van der Waals surface area contributed by atoms with Crippen molar-refractivity contribution in [2.75, 3.05) is 5.32 Å². The minimum atomic E-state index is -0.979. The summed E-state index contributed by atoms with van der Waals surface area (Å²) in [5.41, 5.74) is 1.56. The number of anilines is 1. The van der Waals surface area contributed by atoms with Crippen molar-refractivity contribution in [2.45, 2.75) is 0 Å². The second-order valence-electron chi connectivity index (χ2n) is 4.87. The second kappa shape index (κ2) is 6.19. The van der Waals surface area contributed by atoms with E-state index in [0.29, 0.717) is 11.3 Å². The first kappa shape index (κ1) is 14.6. The number of aromatic carboxylic acids is 1. The Hall–Kier alpha value is -3.34. The van der Waals surface area contributed by atoms with Crippen molar-refractivity contribution < 1.29 is 19.1 Å². The van der Waals surface area contributed by atoms with E-state index in [4.69, 9.17) is 9.52 Å². The molecule has 0 aliphatic heterocycles. The number of fused-ring (bicyclic) bond motifs is 1. The zero-order chi connectivity index (χ0) is 16.2. The lowest BCUT2D eigenvalue weighted by Crippen LogP contribution is -1.97. The van der Waals surface area contributed by atoms with Crippen LogP contribution in [0.2, 0.25) is 0 Å². The summed E-state index contributed by atoms with van der Waals surface area (Å²) in [6.07, 6.45) is 2.86. The van der Waals surface area contributed by atoms with Gasteiger partial charge in [0.25, 0.3) is 0 Å². The highest BCUT2D eigenvalue weighted by atomic mass is 16.4. The fraction of sp³-hybridized carbons (Fsp3) is 0. The number of hydrogen-bond donors (Lipinski definition) is 2. The second-order valence-corrected chi connectivity index (χ2v) is 4.87. The minimum Gasteiger partial charge on any atom is -0.478 e. The smallest absolute Gasteiger partial charge is 0.335 e. The molecule has 3 aromatic rings. The van der Waals surface area contributed by atoms with Crippen LogP contribution in [0.5, 0.6) is 0 Å². The van der Waals surface area contributed by atoms with E-state index in [0.717, 1.165) is 5.39 Å². The van der Waals surface area contributed by atoms with Crippen LogP contribution < -0.4 is 5.32 Å². The van der Waals surface area contributed by atoms with Crippen molar-refractivity contribution >= 4 is 28.4 Å². The zero-order valence-electron chi connectivity index (χ0n) is 12.0. The van der Waals surface area contributed by atoms with Gasteiger partial charge >= 0.3 is 5.97 Å². The molecule has 0 spiro atoms. The van der Waals surface area contributed by atoms with Gasteiger partial charge in [-0.3, -0.25) is 4.79 Å². The van der Waals surface area contributed by atoms with Crippen molar-refractivity contribution in [1.82, 2.24) is 0 Å². The zero-order valence-corrected chi connectivity index (χ0v) is 12.0. The Morgan fingerprint density at radius 3 is 2.48 bits per heavy atom. The fourth-order valence-corrected chi connectivity index (χ4v) is 2.11. The summed E-state index contributed by atoms with van der Waals surface area (Å²) in [6.45, 7) is 0. The molecule has 0 saturated carbocycles. The standard InChI is InChI=1S/C18H13NO4/c20-15(17-11-13-3-1-2-4-16(13)23-17)9-10-19-14-7-5-12(6-8-14)18(21)22/h1-11,19H,(H,21,22)/b10-9+. The first-order chi connectivity index (χ1) is 11.1. The van der Waals surface area contributed by atoms with Gasteiger partial charge in [-0.05, 0) is 36.4 Å². The number of para-hydroxylation sites is 1. The monoisotopic (exact) mass is 307 g/mol. The minimum absolute atomic E-state index is 0.206. The number of benzene rings is 2. The molecule has 0 aliphatic rings. The number of ketones is 1. The van der Waals surface area contributed by atoms with Gasteiger partial charge in [0.15, 0.2) is 5.76 Å². The topological polar surface area (TPSA) is 79.5 Å². The molecule has 0 aliphatic carbocycles. The van der Waals surface area contributed by atoms with Crippen LogP contribution in [0.4, 0.5) is 5.69 Å². The summed E-state index contributed by atoms with van der Waals surface area (Å²) in [5.74, 6) is -0.964. The molecule has 0 unspecified atom stereocenters. The number of carboxylic acid groups (broad SMARTS) is 1. The normalized spacial score (nSPS) is 11.0. The molecule has 114 valence electrons. The Bertz CT molecular complexity index is 858. The third kappa shape index (κ3) is 3.29. The number of carbonyl (C=O) groups excluding carboxylic acids is 1. The molecule has 23 heavy (non-hydrogen) atoms. The molecule has 0 radical (unpaired) electrons. The quantitative estimate of drug-likeness (QED) is 0.551. The third-order valence-corrected chi connectivity index (χ3v) is 3.28. The number of allylic oxidation sites excluding steroid dienone is 1. The maximum atomic E-state index is 12.0. The average molecular weight is 307 g/mol. The third-order valence-electron chi connectivity index (χ3n) is 3.28. The lowest BCUT2D eigenvalue weighted by molar-refractivity contribution is 0.0696. The highest BCUT2D eigenvalue weighted by Crippen LogP contribution is 2.19. The number of furan rings is 1. The molecule has 2 aromatic carbocycles. The van der Waals surface area contributed by atoms with Gasteiger partial charge in [0.2, 0.25) is 5.78 Å². The van der Waals surface area contributed by atoms with Gasteiger partial charge in [0.1, 0.15) is 5.58 Å². The van der Waals surface area contributed by atoms with Crippen LogP contribution in [0, 0.1) is 0 Å². The molecule has 0 amide bonds. The molecule has 0 atom stereocenters. The summed E-state index contributed by atoms with van der Waals surface area (Å²) in [6, 6.07) is 15.3. The first-order valence-corrected chi connectivity index (χ1v) is 6.93. The van der Waals surface area contributed by atoms with Gasteiger partial charge in [-0.1, -0.05) is 18.2 Å². The van der Waals surface area contributed by atoms with Crippen molar-refractivity contribution in [1.29, 1.82) is 0 Å². The van der Waals surface area contributed by atoms with E-state index in [1.807, 2.05) is 18.2 Å². The summed E-state index contributed by atoms with van der Waals surface area (Å²) >= 11 is 0. The molecule has 0 fully saturated rings. The van der Waals surface area contributed by atoms with Gasteiger partial charge < -0.3 is 14.8 Å². The Balaban J connectivity index is 1.67. The summed E-state index contributed by atoms with van der Waals surface area (Å²) in [4.78, 5) is 22.8. The van der Waals surface area contributed by atoms with Crippen LogP contribution in [-0.2, 0) is 0 Å². The first-order valence-electron chi connectivity index (χ1n) is 6.93. The van der Waals surface area contributed by atoms with E-state index < -0.39 is 5.97 Å². The number of carbonyl (C=O) groups is 2. The van der Waals surface area contributed by atoms with Crippen LogP contribution in [0.15, 0.2) is 71.3 Å². The largest absolute Gasteiger partial charge is 0.478 e. The van der Waals surface area contributed by atoms with E-state index in [1.54, 1.807) is 24.3 Å². The van der Waals surface area contributed by atoms with Gasteiger partial charge in [-0.2, -0.15) is 0 Å². The molecule has 1 aromatic heterocycles. The maximum Gasteiger partial charge on any atom is 0.335 e. The van der Waals surface area contributed by atoms with E-state index in [9.17, 15) is 9.59 Å². The van der Waals surface area contributed by atoms with Crippen molar-refractivity contribution in [2.24, 2.45) is 0 Å². The van der Waals surface area contributed by atoms with Gasteiger partial charge in [-0.25, -0.2) is 4.79 Å². The summed E-state index contributed by atoms with van der Waals surface area (Å²) in [5, 5.41) is 12.6. The predicted octanol–water partition coefficient (Wildman–Crippen LogP) is 3.94. The van der Waals surface area contributed by atoms with Crippen molar-refractivity contribution in [3.05, 3.63) is 78.2 Å². The number of hydrogen-bond acceptors (Lipinski definition) is 4. The van der Waals surface area contributed by atoms with Crippen LogP contribution >= 0.6 is 0 Å². The molecular formula is C18H13NO4. The lowest BCUT2D eigenvalue weighted by atomic mass is 10.2. The molecule has 3 rings (SSSR count). The molecule has 0 saturated heterocycles. The van der Waals surface area contributed by atoms with Crippen LogP contribution in [0.1, 0.15) is 20.9 Å². The highest BCUT2D eigenvalue weighted by molar-refractivity contribution is 6.04. The number of rotatable bonds is 5.